The van der Waals surface area contributed by atoms with Crippen molar-refractivity contribution in [2.24, 2.45) is 0 Å². The Balaban J connectivity index is 1.67. The molecule has 3 N–H and O–H groups in total. The molecule has 5 heteroatoms. The van der Waals surface area contributed by atoms with Crippen LogP contribution in [0.4, 0.5) is 5.69 Å². The molecule has 3 aromatic rings. The maximum atomic E-state index is 12.2. The molecule has 0 heterocycles. The summed E-state index contributed by atoms with van der Waals surface area (Å²) in [6.07, 6.45) is 0.268. The highest BCUT2D eigenvalue weighted by Gasteiger charge is 2.07. The molecule has 3 aromatic carbocycles. The van der Waals surface area contributed by atoms with Gasteiger partial charge in [-0.3, -0.25) is 14.8 Å². The molecule has 120 valence electrons. The Morgan fingerprint density at radius 1 is 0.875 bits per heavy atom. The van der Waals surface area contributed by atoms with E-state index in [0.29, 0.717) is 11.3 Å². The van der Waals surface area contributed by atoms with Crippen molar-refractivity contribution in [3.63, 3.8) is 0 Å². The highest BCUT2D eigenvalue weighted by Crippen LogP contribution is 2.16. The van der Waals surface area contributed by atoms with Crippen LogP contribution < -0.4 is 10.8 Å². The Morgan fingerprint density at radius 3 is 2.29 bits per heavy atom. The van der Waals surface area contributed by atoms with Gasteiger partial charge in [-0.05, 0) is 40.6 Å². The first-order valence-corrected chi connectivity index (χ1v) is 7.48. The van der Waals surface area contributed by atoms with Crippen molar-refractivity contribution in [1.82, 2.24) is 5.48 Å². The summed E-state index contributed by atoms with van der Waals surface area (Å²) in [5.41, 5.74) is 3.40. The van der Waals surface area contributed by atoms with Crippen LogP contribution in [0.25, 0.3) is 10.8 Å². The van der Waals surface area contributed by atoms with E-state index >= 15 is 0 Å². The average molecular weight is 320 g/mol. The van der Waals surface area contributed by atoms with Gasteiger partial charge in [0.05, 0.1) is 6.42 Å². The lowest BCUT2D eigenvalue weighted by molar-refractivity contribution is -0.115. The lowest BCUT2D eigenvalue weighted by Gasteiger charge is -2.07. The smallest absolute Gasteiger partial charge is 0.274 e. The highest BCUT2D eigenvalue weighted by atomic mass is 16.5. The molecule has 0 aromatic heterocycles. The van der Waals surface area contributed by atoms with Crippen LogP contribution in [-0.4, -0.2) is 17.0 Å². The lowest BCUT2D eigenvalue weighted by Crippen LogP contribution is -2.18. The maximum Gasteiger partial charge on any atom is 0.274 e. The third kappa shape index (κ3) is 3.59. The standard InChI is InChI=1S/C19H16N2O3/c22-18(20-17-9-7-15(8-10-17)19(23)21-24)12-13-5-6-14-3-1-2-4-16(14)11-13/h1-11,24H,12H2,(H,20,22)(H,21,23). The van der Waals surface area contributed by atoms with Gasteiger partial charge in [-0.1, -0.05) is 42.5 Å². The topological polar surface area (TPSA) is 78.4 Å². The molecule has 2 amide bonds. The minimum atomic E-state index is -0.593. The second-order valence-electron chi connectivity index (χ2n) is 5.42. The quantitative estimate of drug-likeness (QED) is 0.510. The van der Waals surface area contributed by atoms with E-state index in [1.54, 1.807) is 17.6 Å². The second-order valence-corrected chi connectivity index (χ2v) is 5.42. The van der Waals surface area contributed by atoms with Crippen molar-refractivity contribution < 1.29 is 14.8 Å². The van der Waals surface area contributed by atoms with Gasteiger partial charge < -0.3 is 5.32 Å². The van der Waals surface area contributed by atoms with Crippen molar-refractivity contribution in [1.29, 1.82) is 0 Å². The maximum absolute atomic E-state index is 12.2. The number of benzene rings is 3. The Hall–Kier alpha value is -3.18. The largest absolute Gasteiger partial charge is 0.326 e. The van der Waals surface area contributed by atoms with Crippen molar-refractivity contribution in [3.05, 3.63) is 77.9 Å². The summed E-state index contributed by atoms with van der Waals surface area (Å²) < 4.78 is 0. The lowest BCUT2D eigenvalue weighted by atomic mass is 10.0. The molecular formula is C19H16N2O3. The zero-order chi connectivity index (χ0) is 16.9. The summed E-state index contributed by atoms with van der Waals surface area (Å²) in [5.74, 6) is -0.728. The van der Waals surface area contributed by atoms with Gasteiger partial charge in [0, 0.05) is 11.3 Å². The normalized spacial score (nSPS) is 10.4. The van der Waals surface area contributed by atoms with E-state index in [9.17, 15) is 9.59 Å². The summed E-state index contributed by atoms with van der Waals surface area (Å²) >= 11 is 0. The SMILES string of the molecule is O=C(Cc1ccc2ccccc2c1)Nc1ccc(C(=O)NO)cc1. The van der Waals surface area contributed by atoms with Crippen molar-refractivity contribution in [3.8, 4) is 0 Å². The molecule has 0 radical (unpaired) electrons. The molecule has 24 heavy (non-hydrogen) atoms. The molecule has 0 aliphatic carbocycles. The molecule has 3 rings (SSSR count). The summed E-state index contributed by atoms with van der Waals surface area (Å²) in [7, 11) is 0. The fraction of sp³-hybridized carbons (Fsp3) is 0.0526. The third-order valence-electron chi connectivity index (χ3n) is 3.71. The molecule has 0 aliphatic heterocycles. The number of hydrogen-bond donors (Lipinski definition) is 3. The third-order valence-corrected chi connectivity index (χ3v) is 3.71. The minimum Gasteiger partial charge on any atom is -0.326 e. The molecule has 5 nitrogen and oxygen atoms in total. The summed E-state index contributed by atoms with van der Waals surface area (Å²) in [6.45, 7) is 0. The van der Waals surface area contributed by atoms with E-state index in [1.165, 1.54) is 12.1 Å². The van der Waals surface area contributed by atoms with Crippen LogP contribution in [-0.2, 0) is 11.2 Å². The van der Waals surface area contributed by atoms with E-state index in [2.05, 4.69) is 5.32 Å². The number of amides is 2. The predicted molar refractivity (Wildman–Crippen MR) is 92.0 cm³/mol. The van der Waals surface area contributed by atoms with Crippen LogP contribution in [0.5, 0.6) is 0 Å². The number of anilines is 1. The molecule has 0 unspecified atom stereocenters. The van der Waals surface area contributed by atoms with Crippen LogP contribution in [0.3, 0.4) is 0 Å². The van der Waals surface area contributed by atoms with Crippen LogP contribution >= 0.6 is 0 Å². The van der Waals surface area contributed by atoms with Crippen LogP contribution in [0.1, 0.15) is 15.9 Å². The molecule has 0 bridgehead atoms. The Morgan fingerprint density at radius 2 is 1.58 bits per heavy atom. The average Bonchev–Trinajstić information content (AvgIpc) is 2.61. The Labute approximate surface area is 138 Å². The van der Waals surface area contributed by atoms with Gasteiger partial charge in [0.25, 0.3) is 5.91 Å². The molecule has 0 saturated carbocycles. The first-order valence-electron chi connectivity index (χ1n) is 7.48. The van der Waals surface area contributed by atoms with Crippen molar-refractivity contribution >= 4 is 28.3 Å². The van der Waals surface area contributed by atoms with Gasteiger partial charge in [0.2, 0.25) is 5.91 Å². The fourth-order valence-corrected chi connectivity index (χ4v) is 2.51. The Kier molecular flexibility index (Phi) is 4.54. The molecule has 0 fully saturated rings. The van der Waals surface area contributed by atoms with Gasteiger partial charge in [0.15, 0.2) is 0 Å². The van der Waals surface area contributed by atoms with Crippen molar-refractivity contribution in [2.45, 2.75) is 6.42 Å². The Bertz CT molecular complexity index is 889. The summed E-state index contributed by atoms with van der Waals surface area (Å²) in [4.78, 5) is 23.4. The summed E-state index contributed by atoms with van der Waals surface area (Å²) in [5, 5.41) is 13.6. The number of hydroxylamine groups is 1. The zero-order valence-corrected chi connectivity index (χ0v) is 12.8. The molecular weight excluding hydrogens is 304 g/mol. The number of fused-ring (bicyclic) bond motifs is 1. The number of rotatable bonds is 4. The number of carbonyl (C=O) groups is 2. The first-order chi connectivity index (χ1) is 11.7. The van der Waals surface area contributed by atoms with E-state index in [4.69, 9.17) is 5.21 Å². The molecule has 0 saturated heterocycles. The number of hydrogen-bond acceptors (Lipinski definition) is 3. The van der Waals surface area contributed by atoms with Gasteiger partial charge >= 0.3 is 0 Å². The minimum absolute atomic E-state index is 0.135. The van der Waals surface area contributed by atoms with E-state index in [-0.39, 0.29) is 12.3 Å². The van der Waals surface area contributed by atoms with Gasteiger partial charge in [0.1, 0.15) is 0 Å². The number of nitrogens with one attached hydrogen (secondary N) is 2. The number of carbonyl (C=O) groups excluding carboxylic acids is 2. The van der Waals surface area contributed by atoms with Crippen LogP contribution in [0, 0.1) is 0 Å². The van der Waals surface area contributed by atoms with E-state index < -0.39 is 5.91 Å². The van der Waals surface area contributed by atoms with E-state index in [0.717, 1.165) is 16.3 Å². The van der Waals surface area contributed by atoms with E-state index in [1.807, 2.05) is 42.5 Å². The summed E-state index contributed by atoms with van der Waals surface area (Å²) in [6, 6.07) is 20.2. The first kappa shape index (κ1) is 15.7. The molecule has 0 atom stereocenters. The zero-order valence-electron chi connectivity index (χ0n) is 12.8. The van der Waals surface area contributed by atoms with Gasteiger partial charge in [-0.15, -0.1) is 0 Å². The highest BCUT2D eigenvalue weighted by molar-refractivity contribution is 5.96. The molecule has 0 aliphatic rings. The van der Waals surface area contributed by atoms with Crippen LogP contribution in [0.2, 0.25) is 0 Å². The monoisotopic (exact) mass is 320 g/mol. The second kappa shape index (κ2) is 6.93. The van der Waals surface area contributed by atoms with Crippen LogP contribution in [0.15, 0.2) is 66.7 Å². The molecule has 0 spiro atoms. The van der Waals surface area contributed by atoms with Crippen molar-refractivity contribution in [2.75, 3.05) is 5.32 Å². The fourth-order valence-electron chi connectivity index (χ4n) is 2.51. The predicted octanol–water partition coefficient (Wildman–Crippen LogP) is 3.14. The van der Waals surface area contributed by atoms with Gasteiger partial charge in [-0.2, -0.15) is 0 Å². The van der Waals surface area contributed by atoms with Gasteiger partial charge in [-0.25, -0.2) is 5.48 Å².